The van der Waals surface area contributed by atoms with Gasteiger partial charge in [0.2, 0.25) is 0 Å². The minimum atomic E-state index is -0.0186. The fourth-order valence-electron chi connectivity index (χ4n) is 2.65. The van der Waals surface area contributed by atoms with Crippen LogP contribution >= 0.6 is 23.4 Å². The van der Waals surface area contributed by atoms with Crippen molar-refractivity contribution in [2.45, 2.75) is 25.5 Å². The molecule has 1 amide bonds. The van der Waals surface area contributed by atoms with Crippen LogP contribution in [0, 0.1) is 0 Å². The summed E-state index contributed by atoms with van der Waals surface area (Å²) in [5.74, 6) is 1.53. The van der Waals surface area contributed by atoms with Gasteiger partial charge >= 0.3 is 0 Å². The highest BCUT2D eigenvalue weighted by molar-refractivity contribution is 8.13. The first-order valence-electron chi connectivity index (χ1n) is 9.14. The molecule has 0 radical (unpaired) electrons. The van der Waals surface area contributed by atoms with E-state index in [0.717, 1.165) is 40.1 Å². The van der Waals surface area contributed by atoms with E-state index in [1.165, 1.54) is 0 Å². The van der Waals surface area contributed by atoms with Gasteiger partial charge in [0, 0.05) is 22.9 Å². The van der Waals surface area contributed by atoms with Crippen LogP contribution in [0.2, 0.25) is 5.02 Å². The van der Waals surface area contributed by atoms with Gasteiger partial charge in [0.1, 0.15) is 5.75 Å². The molecule has 0 saturated heterocycles. The summed E-state index contributed by atoms with van der Waals surface area (Å²) < 4.78 is 5.66. The number of rotatable bonds is 7. The largest absolute Gasteiger partial charge is 0.494 e. The first-order valence-corrected chi connectivity index (χ1v) is 10.5. The number of hydrogen-bond acceptors (Lipinski definition) is 4. The van der Waals surface area contributed by atoms with E-state index in [1.807, 2.05) is 48.5 Å². The molecular formula is C21H23ClN2O2S. The molecule has 0 unspecified atom stereocenters. The summed E-state index contributed by atoms with van der Waals surface area (Å²) in [6.07, 6.45) is 2.13. The predicted octanol–water partition coefficient (Wildman–Crippen LogP) is 5.26. The molecule has 1 aliphatic rings. The number of unbranched alkanes of at least 4 members (excludes halogenated alkanes) is 1. The van der Waals surface area contributed by atoms with Crippen molar-refractivity contribution in [3.8, 4) is 5.75 Å². The first kappa shape index (κ1) is 19.8. The Morgan fingerprint density at radius 2 is 1.93 bits per heavy atom. The molecule has 2 aromatic carbocycles. The van der Waals surface area contributed by atoms with E-state index in [0.29, 0.717) is 25.3 Å². The number of aliphatic imine (C=N–C) groups is 1. The summed E-state index contributed by atoms with van der Waals surface area (Å²) in [5.41, 5.74) is 1.81. The maximum atomic E-state index is 12.9. The highest BCUT2D eigenvalue weighted by Gasteiger charge is 2.25. The van der Waals surface area contributed by atoms with E-state index >= 15 is 0 Å². The number of amidine groups is 1. The van der Waals surface area contributed by atoms with Crippen LogP contribution in [0.1, 0.15) is 35.7 Å². The van der Waals surface area contributed by atoms with Crippen molar-refractivity contribution in [3.05, 3.63) is 64.7 Å². The van der Waals surface area contributed by atoms with Crippen LogP contribution in [-0.4, -0.2) is 35.7 Å². The van der Waals surface area contributed by atoms with E-state index in [9.17, 15) is 4.79 Å². The second-order valence-corrected chi connectivity index (χ2v) is 7.64. The molecule has 3 rings (SSSR count). The highest BCUT2D eigenvalue weighted by atomic mass is 35.5. The van der Waals surface area contributed by atoms with Crippen molar-refractivity contribution in [1.82, 2.24) is 4.90 Å². The van der Waals surface area contributed by atoms with Crippen molar-refractivity contribution in [2.24, 2.45) is 4.99 Å². The van der Waals surface area contributed by atoms with Crippen LogP contribution in [0.15, 0.2) is 53.5 Å². The summed E-state index contributed by atoms with van der Waals surface area (Å²) in [6, 6.07) is 15.1. The molecule has 0 aromatic heterocycles. The van der Waals surface area contributed by atoms with Gasteiger partial charge in [0.25, 0.3) is 5.91 Å². The van der Waals surface area contributed by atoms with E-state index in [4.69, 9.17) is 16.3 Å². The number of thioether (sulfide) groups is 1. The van der Waals surface area contributed by atoms with Gasteiger partial charge in [-0.15, -0.1) is 0 Å². The SMILES string of the molecule is CCCCOc1ccc(C(=O)N2CCN=C2SCc2ccc(Cl)cc2)cc1. The third kappa shape index (κ3) is 5.50. The van der Waals surface area contributed by atoms with Gasteiger partial charge < -0.3 is 4.74 Å². The number of hydrogen-bond donors (Lipinski definition) is 0. The predicted molar refractivity (Wildman–Crippen MR) is 113 cm³/mol. The van der Waals surface area contributed by atoms with Crippen LogP contribution in [0.3, 0.4) is 0 Å². The molecule has 6 heteroatoms. The third-order valence-electron chi connectivity index (χ3n) is 4.20. The lowest BCUT2D eigenvalue weighted by molar-refractivity contribution is 0.0860. The van der Waals surface area contributed by atoms with Gasteiger partial charge in [0.05, 0.1) is 13.2 Å². The van der Waals surface area contributed by atoms with E-state index in [1.54, 1.807) is 16.7 Å². The van der Waals surface area contributed by atoms with E-state index in [2.05, 4.69) is 11.9 Å². The lowest BCUT2D eigenvalue weighted by atomic mass is 10.2. The van der Waals surface area contributed by atoms with Gasteiger partial charge in [-0.3, -0.25) is 14.7 Å². The molecule has 4 nitrogen and oxygen atoms in total. The van der Waals surface area contributed by atoms with Crippen molar-refractivity contribution >= 4 is 34.4 Å². The van der Waals surface area contributed by atoms with Crippen molar-refractivity contribution in [1.29, 1.82) is 0 Å². The monoisotopic (exact) mass is 402 g/mol. The molecule has 0 fully saturated rings. The molecule has 2 aromatic rings. The molecule has 1 aliphatic heterocycles. The molecule has 0 bridgehead atoms. The number of ether oxygens (including phenoxy) is 1. The third-order valence-corrected chi connectivity index (χ3v) is 5.53. The average molecular weight is 403 g/mol. The standard InChI is InChI=1S/C21H23ClN2O2S/c1-2-3-14-26-19-10-6-17(7-11-19)20(25)24-13-12-23-21(24)27-15-16-4-8-18(22)9-5-16/h4-11H,2-3,12-15H2,1H3. The first-order chi connectivity index (χ1) is 13.2. The Labute approximate surface area is 169 Å². The van der Waals surface area contributed by atoms with Gasteiger partial charge in [-0.25, -0.2) is 0 Å². The Bertz CT molecular complexity index is 791. The summed E-state index contributed by atoms with van der Waals surface area (Å²) in [5, 5.41) is 1.50. The number of halogens is 1. The fraction of sp³-hybridized carbons (Fsp3) is 0.333. The smallest absolute Gasteiger partial charge is 0.259 e. The Morgan fingerprint density at radius 1 is 1.19 bits per heavy atom. The lowest BCUT2D eigenvalue weighted by Gasteiger charge is -2.18. The molecule has 0 saturated carbocycles. The average Bonchev–Trinajstić information content (AvgIpc) is 3.16. The number of benzene rings is 2. The number of amides is 1. The summed E-state index contributed by atoms with van der Waals surface area (Å²) in [4.78, 5) is 19.1. The molecule has 0 atom stereocenters. The molecule has 0 spiro atoms. The van der Waals surface area contributed by atoms with Crippen LogP contribution in [0.4, 0.5) is 0 Å². The summed E-state index contributed by atoms with van der Waals surface area (Å²) >= 11 is 7.50. The normalized spacial score (nSPS) is 13.6. The lowest BCUT2D eigenvalue weighted by Crippen LogP contribution is -2.32. The van der Waals surface area contributed by atoms with Gasteiger partial charge in [0.15, 0.2) is 5.17 Å². The second kappa shape index (κ2) is 9.81. The zero-order chi connectivity index (χ0) is 19.1. The molecule has 1 heterocycles. The summed E-state index contributed by atoms with van der Waals surface area (Å²) in [6.45, 7) is 4.10. The minimum Gasteiger partial charge on any atom is -0.494 e. The molecular weight excluding hydrogens is 380 g/mol. The van der Waals surface area contributed by atoms with Crippen molar-refractivity contribution < 1.29 is 9.53 Å². The van der Waals surface area contributed by atoms with Crippen LogP contribution in [0.5, 0.6) is 5.75 Å². The maximum Gasteiger partial charge on any atom is 0.259 e. The Morgan fingerprint density at radius 3 is 2.63 bits per heavy atom. The zero-order valence-electron chi connectivity index (χ0n) is 15.4. The maximum absolute atomic E-state index is 12.9. The Kier molecular flexibility index (Phi) is 7.18. The number of nitrogens with zero attached hydrogens (tertiary/aromatic N) is 2. The second-order valence-electron chi connectivity index (χ2n) is 6.26. The highest BCUT2D eigenvalue weighted by Crippen LogP contribution is 2.23. The molecule has 0 N–H and O–H groups in total. The summed E-state index contributed by atoms with van der Waals surface area (Å²) in [7, 11) is 0. The van der Waals surface area contributed by atoms with Crippen molar-refractivity contribution in [3.63, 3.8) is 0 Å². The minimum absolute atomic E-state index is 0.0186. The van der Waals surface area contributed by atoms with Crippen LogP contribution < -0.4 is 4.74 Å². The molecule has 27 heavy (non-hydrogen) atoms. The van der Waals surface area contributed by atoms with Gasteiger partial charge in [-0.1, -0.05) is 48.8 Å². The zero-order valence-corrected chi connectivity index (χ0v) is 16.9. The quantitative estimate of drug-likeness (QED) is 0.593. The number of carbonyl (C=O) groups is 1. The van der Waals surface area contributed by atoms with Gasteiger partial charge in [-0.2, -0.15) is 0 Å². The van der Waals surface area contributed by atoms with Gasteiger partial charge in [-0.05, 0) is 48.4 Å². The topological polar surface area (TPSA) is 41.9 Å². The van der Waals surface area contributed by atoms with Crippen LogP contribution in [0.25, 0.3) is 0 Å². The van der Waals surface area contributed by atoms with Crippen LogP contribution in [-0.2, 0) is 5.75 Å². The van der Waals surface area contributed by atoms with E-state index < -0.39 is 0 Å². The Balaban J connectivity index is 1.58. The molecule has 0 aliphatic carbocycles. The molecule has 142 valence electrons. The van der Waals surface area contributed by atoms with Crippen molar-refractivity contribution in [2.75, 3.05) is 19.7 Å². The fourth-order valence-corrected chi connectivity index (χ4v) is 3.78. The number of carbonyl (C=O) groups excluding carboxylic acids is 1. The Hall–Kier alpha value is -1.98. The van der Waals surface area contributed by atoms with E-state index in [-0.39, 0.29) is 5.91 Å².